The molecule has 1 aliphatic heterocycles. The van der Waals surface area contributed by atoms with Crippen LogP contribution in [-0.4, -0.2) is 26.2 Å². The second kappa shape index (κ2) is 6.52. The van der Waals surface area contributed by atoms with Gasteiger partial charge in [0.2, 0.25) is 0 Å². The summed E-state index contributed by atoms with van der Waals surface area (Å²) >= 11 is 0. The third-order valence-corrected chi connectivity index (χ3v) is 2.22. The van der Waals surface area contributed by atoms with Crippen LogP contribution in [0.3, 0.4) is 0 Å². The molecular formula is C12H14O5. The zero-order valence-corrected chi connectivity index (χ0v) is 9.76. The first-order chi connectivity index (χ1) is 8.20. The Kier molecular flexibility index (Phi) is 5.00. The van der Waals surface area contributed by atoms with Crippen LogP contribution in [0, 0.1) is 0 Å². The van der Waals surface area contributed by atoms with E-state index in [1.165, 1.54) is 26.7 Å². The average Bonchev–Trinajstić information content (AvgIpc) is 2.48. The number of carbonyl (C=O) groups is 2. The molecule has 5 nitrogen and oxygen atoms in total. The van der Waals surface area contributed by atoms with Gasteiger partial charge in [-0.05, 0) is 12.2 Å². The highest BCUT2D eigenvalue weighted by Crippen LogP contribution is 2.18. The fraction of sp³-hybridized carbons (Fsp3) is 0.333. The van der Waals surface area contributed by atoms with E-state index in [-0.39, 0.29) is 24.0 Å². The van der Waals surface area contributed by atoms with Crippen LogP contribution in [0.25, 0.3) is 0 Å². The summed E-state index contributed by atoms with van der Waals surface area (Å²) in [4.78, 5) is 23.2. The maximum Gasteiger partial charge on any atom is 0.334 e. The van der Waals surface area contributed by atoms with Crippen molar-refractivity contribution in [3.8, 4) is 0 Å². The lowest BCUT2D eigenvalue weighted by Gasteiger charge is -2.08. The summed E-state index contributed by atoms with van der Waals surface area (Å²) in [6, 6.07) is 0. The summed E-state index contributed by atoms with van der Waals surface area (Å²) < 4.78 is 14.3. The first-order valence-electron chi connectivity index (χ1n) is 5.04. The van der Waals surface area contributed by atoms with Gasteiger partial charge in [-0.1, -0.05) is 0 Å². The van der Waals surface area contributed by atoms with E-state index in [1.54, 1.807) is 12.2 Å². The summed E-state index contributed by atoms with van der Waals surface area (Å²) in [6.45, 7) is 0. The second-order valence-corrected chi connectivity index (χ2v) is 3.23. The number of carbonyl (C=O) groups excluding carboxylic acids is 2. The predicted octanol–water partition coefficient (Wildman–Crippen LogP) is 1.47. The van der Waals surface area contributed by atoms with Crippen LogP contribution in [0.2, 0.25) is 0 Å². The van der Waals surface area contributed by atoms with Crippen LogP contribution in [0.15, 0.2) is 35.8 Å². The van der Waals surface area contributed by atoms with Gasteiger partial charge in [0.1, 0.15) is 0 Å². The summed E-state index contributed by atoms with van der Waals surface area (Å²) in [5.74, 6) is -1.07. The Morgan fingerprint density at radius 1 is 1.00 bits per heavy atom. The molecule has 1 aliphatic rings. The van der Waals surface area contributed by atoms with Crippen molar-refractivity contribution in [2.45, 2.75) is 12.8 Å². The SMILES string of the molecule is COC(=O)/C1=C(\C(=O)OC)C/C=C\O/C=C\C1. The van der Waals surface area contributed by atoms with Gasteiger partial charge in [-0.3, -0.25) is 0 Å². The highest BCUT2D eigenvalue weighted by molar-refractivity contribution is 6.00. The van der Waals surface area contributed by atoms with Crippen LogP contribution in [-0.2, 0) is 23.8 Å². The minimum Gasteiger partial charge on any atom is -0.473 e. The minimum absolute atomic E-state index is 0.263. The molecule has 5 heteroatoms. The van der Waals surface area contributed by atoms with Crippen molar-refractivity contribution in [2.24, 2.45) is 0 Å². The van der Waals surface area contributed by atoms with Crippen molar-refractivity contribution >= 4 is 11.9 Å². The smallest absolute Gasteiger partial charge is 0.334 e. The van der Waals surface area contributed by atoms with Gasteiger partial charge in [0, 0.05) is 12.8 Å². The number of esters is 2. The molecule has 0 atom stereocenters. The number of rotatable bonds is 2. The molecule has 0 aromatic heterocycles. The van der Waals surface area contributed by atoms with Crippen molar-refractivity contribution < 1.29 is 23.8 Å². The van der Waals surface area contributed by atoms with Crippen LogP contribution in [0.4, 0.5) is 0 Å². The molecule has 0 saturated carbocycles. The third-order valence-electron chi connectivity index (χ3n) is 2.22. The number of hydrogen-bond donors (Lipinski definition) is 0. The Labute approximate surface area is 99.3 Å². The average molecular weight is 238 g/mol. The Bertz CT molecular complexity index is 354. The van der Waals surface area contributed by atoms with Gasteiger partial charge in [-0.2, -0.15) is 0 Å². The van der Waals surface area contributed by atoms with Crippen LogP contribution in [0.5, 0.6) is 0 Å². The van der Waals surface area contributed by atoms with Gasteiger partial charge in [0.25, 0.3) is 0 Å². The fourth-order valence-corrected chi connectivity index (χ4v) is 1.39. The molecule has 0 bridgehead atoms. The van der Waals surface area contributed by atoms with Gasteiger partial charge in [-0.15, -0.1) is 0 Å². The third kappa shape index (κ3) is 3.48. The van der Waals surface area contributed by atoms with Gasteiger partial charge in [0.05, 0.1) is 37.9 Å². The van der Waals surface area contributed by atoms with Gasteiger partial charge >= 0.3 is 11.9 Å². The van der Waals surface area contributed by atoms with Crippen molar-refractivity contribution in [2.75, 3.05) is 14.2 Å². The van der Waals surface area contributed by atoms with E-state index in [2.05, 4.69) is 9.47 Å². The lowest BCUT2D eigenvalue weighted by molar-refractivity contribution is -0.139. The van der Waals surface area contributed by atoms with Gasteiger partial charge in [-0.25, -0.2) is 9.59 Å². The van der Waals surface area contributed by atoms with E-state index < -0.39 is 11.9 Å². The summed E-state index contributed by atoms with van der Waals surface area (Å²) in [5, 5.41) is 0. The van der Waals surface area contributed by atoms with Crippen LogP contribution in [0.1, 0.15) is 12.8 Å². The van der Waals surface area contributed by atoms with Crippen molar-refractivity contribution in [3.63, 3.8) is 0 Å². The molecule has 0 radical (unpaired) electrons. The molecule has 0 aliphatic carbocycles. The monoisotopic (exact) mass is 238 g/mol. The van der Waals surface area contributed by atoms with Crippen molar-refractivity contribution in [1.82, 2.24) is 0 Å². The zero-order chi connectivity index (χ0) is 12.7. The molecular weight excluding hydrogens is 224 g/mol. The standard InChI is InChI=1S/C12H14O5/c1-15-11(13)9-5-3-7-17-8-4-6-10(9)12(14)16-2/h3-4,7-8H,5-6H2,1-2H3/b7-3-,8-4-,10-9-. The predicted molar refractivity (Wildman–Crippen MR) is 59.7 cm³/mol. The maximum absolute atomic E-state index is 11.6. The molecule has 0 aromatic carbocycles. The number of hydrogen-bond acceptors (Lipinski definition) is 5. The molecule has 0 saturated heterocycles. The van der Waals surface area contributed by atoms with E-state index in [1.807, 2.05) is 0 Å². The van der Waals surface area contributed by atoms with Gasteiger partial charge in [0.15, 0.2) is 0 Å². The van der Waals surface area contributed by atoms with Crippen molar-refractivity contribution in [1.29, 1.82) is 0 Å². The molecule has 1 rings (SSSR count). The maximum atomic E-state index is 11.6. The molecule has 92 valence electrons. The molecule has 1 heterocycles. The summed E-state index contributed by atoms with van der Waals surface area (Å²) in [7, 11) is 2.54. The zero-order valence-electron chi connectivity index (χ0n) is 9.76. The summed E-state index contributed by atoms with van der Waals surface area (Å²) in [5.41, 5.74) is 0.566. The lowest BCUT2D eigenvalue weighted by Crippen LogP contribution is -2.14. The molecule has 0 aromatic rings. The highest BCUT2D eigenvalue weighted by atomic mass is 16.5. The Morgan fingerprint density at radius 3 is 1.76 bits per heavy atom. The molecule has 17 heavy (non-hydrogen) atoms. The Balaban J connectivity index is 3.15. The Morgan fingerprint density at radius 2 is 1.41 bits per heavy atom. The van der Waals surface area contributed by atoms with Gasteiger partial charge < -0.3 is 14.2 Å². The van der Waals surface area contributed by atoms with E-state index in [9.17, 15) is 9.59 Å². The van der Waals surface area contributed by atoms with Crippen LogP contribution < -0.4 is 0 Å². The normalized spacial score (nSPS) is 23.4. The topological polar surface area (TPSA) is 61.8 Å². The fourth-order valence-electron chi connectivity index (χ4n) is 1.39. The first-order valence-corrected chi connectivity index (χ1v) is 5.04. The molecule has 0 fully saturated rings. The molecule has 0 N–H and O–H groups in total. The lowest BCUT2D eigenvalue weighted by atomic mass is 10.0. The minimum atomic E-state index is -0.537. The Hall–Kier alpha value is -2.04. The van der Waals surface area contributed by atoms with Crippen molar-refractivity contribution in [3.05, 3.63) is 35.8 Å². The first kappa shape index (κ1) is 13.0. The van der Waals surface area contributed by atoms with Crippen LogP contribution >= 0.6 is 0 Å². The van der Waals surface area contributed by atoms with E-state index in [0.717, 1.165) is 0 Å². The molecule has 0 spiro atoms. The number of ether oxygens (including phenoxy) is 3. The quantitative estimate of drug-likeness (QED) is 0.682. The van der Waals surface area contributed by atoms with E-state index in [4.69, 9.17) is 4.74 Å². The number of methoxy groups -OCH3 is 2. The highest BCUT2D eigenvalue weighted by Gasteiger charge is 2.20. The largest absolute Gasteiger partial charge is 0.473 e. The second-order valence-electron chi connectivity index (χ2n) is 3.23. The molecule has 0 unspecified atom stereocenters. The summed E-state index contributed by atoms with van der Waals surface area (Å²) in [6.07, 6.45) is 6.67. The number of allylic oxidation sites excluding steroid dienone is 2. The molecule has 0 amide bonds. The van der Waals surface area contributed by atoms with E-state index in [0.29, 0.717) is 0 Å². The van der Waals surface area contributed by atoms with E-state index >= 15 is 0 Å².